The molecule has 1 aliphatic rings. The third-order valence-electron chi connectivity index (χ3n) is 7.60. The van der Waals surface area contributed by atoms with Crippen LogP contribution in [0.5, 0.6) is 5.75 Å². The summed E-state index contributed by atoms with van der Waals surface area (Å²) in [4.78, 5) is 31.4. The number of rotatable bonds is 21. The first kappa shape index (κ1) is 38.0. The molecule has 1 aliphatic heterocycles. The van der Waals surface area contributed by atoms with Crippen LogP contribution in [0.25, 0.3) is 10.4 Å². The van der Waals surface area contributed by atoms with Crippen molar-refractivity contribution < 1.29 is 38.1 Å². The van der Waals surface area contributed by atoms with Gasteiger partial charge in [-0.3, -0.25) is 13.9 Å². The van der Waals surface area contributed by atoms with Gasteiger partial charge >= 0.3 is 19.4 Å². The van der Waals surface area contributed by atoms with Crippen molar-refractivity contribution in [2.24, 2.45) is 5.11 Å². The molecule has 1 aromatic carbocycles. The number of nitrogens with zero attached hydrogens (tertiary/aromatic N) is 5. The van der Waals surface area contributed by atoms with Gasteiger partial charge in [0.1, 0.15) is 29.8 Å². The number of hydrogen-bond donors (Lipinski definition) is 4. The van der Waals surface area contributed by atoms with E-state index in [0.717, 1.165) is 23.8 Å². The third-order valence-corrected chi connectivity index (χ3v) is 9.22. The van der Waals surface area contributed by atoms with Gasteiger partial charge in [0.05, 0.1) is 13.2 Å². The minimum absolute atomic E-state index is 0.0925. The number of esters is 1. The lowest BCUT2D eigenvalue weighted by molar-refractivity contribution is -0.145. The summed E-state index contributed by atoms with van der Waals surface area (Å²) in [6.45, 7) is 2.87. The molecule has 0 aliphatic carbocycles. The zero-order chi connectivity index (χ0) is 34.3. The molecule has 2 aromatic rings. The molecule has 1 fully saturated rings. The van der Waals surface area contributed by atoms with E-state index in [2.05, 4.69) is 27.0 Å². The van der Waals surface area contributed by atoms with Gasteiger partial charge in [0.25, 0.3) is 0 Å². The second kappa shape index (κ2) is 18.7. The highest BCUT2D eigenvalue weighted by Crippen LogP contribution is 2.48. The number of nitrogen functional groups attached to an aromatic ring is 1. The lowest BCUT2D eigenvalue weighted by Crippen LogP contribution is -2.45. The number of benzene rings is 1. The average molecular weight is 680 g/mol. The normalized spacial score (nSPS) is 22.6. The number of unbranched alkanes of at least 4 members (excludes halogenated alkanes) is 9. The van der Waals surface area contributed by atoms with Crippen LogP contribution in [0.1, 0.15) is 84.3 Å². The molecule has 260 valence electrons. The lowest BCUT2D eigenvalue weighted by atomic mass is 10.1. The van der Waals surface area contributed by atoms with E-state index >= 15 is 0 Å². The van der Waals surface area contributed by atoms with Crippen LogP contribution in [-0.4, -0.2) is 62.9 Å². The fourth-order valence-corrected chi connectivity index (χ4v) is 6.50. The Morgan fingerprint density at radius 2 is 1.79 bits per heavy atom. The van der Waals surface area contributed by atoms with Crippen LogP contribution in [0.15, 0.2) is 52.5 Å². The monoisotopic (exact) mass is 679 g/mol. The number of azide groups is 1. The first-order valence-electron chi connectivity index (χ1n) is 15.9. The summed E-state index contributed by atoms with van der Waals surface area (Å²) in [5.41, 5.74) is 11.5. The van der Waals surface area contributed by atoms with Gasteiger partial charge in [-0.25, -0.2) is 9.36 Å². The van der Waals surface area contributed by atoms with Gasteiger partial charge in [-0.05, 0) is 37.1 Å². The first-order chi connectivity index (χ1) is 22.5. The van der Waals surface area contributed by atoms with Crippen molar-refractivity contribution >= 4 is 19.5 Å². The molecule has 0 saturated carbocycles. The van der Waals surface area contributed by atoms with E-state index in [1.165, 1.54) is 69.8 Å². The van der Waals surface area contributed by atoms with E-state index in [0.29, 0.717) is 6.42 Å². The van der Waals surface area contributed by atoms with E-state index in [4.69, 9.17) is 24.3 Å². The quantitative estimate of drug-likeness (QED) is 0.0350. The number of ether oxygens (including phenoxy) is 2. The summed E-state index contributed by atoms with van der Waals surface area (Å²) in [5, 5.41) is 27.7. The Labute approximate surface area is 273 Å². The molecule has 1 aromatic heterocycles. The second-order valence-corrected chi connectivity index (χ2v) is 13.1. The molecule has 0 bridgehead atoms. The molecule has 6 atom stereocenters. The highest BCUT2D eigenvalue weighted by atomic mass is 31.2. The van der Waals surface area contributed by atoms with Crippen molar-refractivity contribution in [3.05, 3.63) is 63.5 Å². The number of para-hydroxylation sites is 1. The number of anilines is 1. The van der Waals surface area contributed by atoms with Crippen molar-refractivity contribution in [1.82, 2.24) is 14.6 Å². The number of aromatic nitrogens is 2. The average Bonchev–Trinajstić information content (AvgIpc) is 3.28. The molecule has 0 radical (unpaired) electrons. The van der Waals surface area contributed by atoms with Gasteiger partial charge in [-0.15, -0.1) is 0 Å². The zero-order valence-electron chi connectivity index (χ0n) is 26.8. The maximum atomic E-state index is 14.0. The number of aliphatic hydroxyl groups is 2. The highest BCUT2D eigenvalue weighted by molar-refractivity contribution is 7.52. The Hall–Kier alpha value is -3.49. The Morgan fingerprint density at radius 1 is 1.15 bits per heavy atom. The van der Waals surface area contributed by atoms with Gasteiger partial charge in [-0.1, -0.05) is 88.0 Å². The van der Waals surface area contributed by atoms with Crippen molar-refractivity contribution in [3.63, 3.8) is 0 Å². The molecular formula is C30H46N7O9P. The maximum absolute atomic E-state index is 14.0. The Morgan fingerprint density at radius 3 is 2.40 bits per heavy atom. The van der Waals surface area contributed by atoms with E-state index in [9.17, 15) is 29.9 Å². The Kier molecular flexibility index (Phi) is 15.1. The predicted molar refractivity (Wildman–Crippen MR) is 173 cm³/mol. The Bertz CT molecular complexity index is 1430. The molecule has 47 heavy (non-hydrogen) atoms. The Balaban J connectivity index is 1.63. The fourth-order valence-electron chi connectivity index (χ4n) is 4.98. The summed E-state index contributed by atoms with van der Waals surface area (Å²) in [6, 6.07) is 8.02. The van der Waals surface area contributed by atoms with Crippen molar-refractivity contribution in [3.8, 4) is 5.75 Å². The van der Waals surface area contributed by atoms with Gasteiger partial charge in [0.15, 0.2) is 6.23 Å². The van der Waals surface area contributed by atoms with E-state index in [1.54, 1.807) is 18.2 Å². The third kappa shape index (κ3) is 11.3. The number of carbonyl (C=O) groups is 1. The molecule has 5 N–H and O–H groups in total. The minimum Gasteiger partial charge on any atom is -0.465 e. The first-order valence-corrected chi connectivity index (χ1v) is 17.5. The van der Waals surface area contributed by atoms with Crippen LogP contribution < -0.4 is 21.0 Å². The van der Waals surface area contributed by atoms with E-state index < -0.39 is 56.2 Å². The van der Waals surface area contributed by atoms with Gasteiger partial charge in [0.2, 0.25) is 5.72 Å². The van der Waals surface area contributed by atoms with Crippen LogP contribution in [-0.2, 0) is 23.4 Å². The lowest BCUT2D eigenvalue weighted by Gasteiger charge is -2.29. The summed E-state index contributed by atoms with van der Waals surface area (Å²) >= 11 is 0. The number of nitrogens with two attached hydrogens (primary N) is 1. The largest absolute Gasteiger partial charge is 0.465 e. The smallest absolute Gasteiger partial charge is 0.459 e. The fraction of sp³-hybridized carbons (Fsp3) is 0.633. The molecule has 2 unspecified atom stereocenters. The number of nitrogens with one attached hydrogen (secondary N) is 1. The van der Waals surface area contributed by atoms with Crippen LogP contribution in [0, 0.1) is 0 Å². The van der Waals surface area contributed by atoms with Gasteiger partial charge < -0.3 is 29.9 Å². The molecule has 17 heteroatoms. The molecular weight excluding hydrogens is 633 g/mol. The minimum atomic E-state index is -4.50. The maximum Gasteiger partial charge on any atom is 0.459 e. The summed E-state index contributed by atoms with van der Waals surface area (Å²) in [6.07, 6.45) is 7.10. The van der Waals surface area contributed by atoms with Crippen molar-refractivity contribution in [2.75, 3.05) is 18.9 Å². The summed E-state index contributed by atoms with van der Waals surface area (Å²) < 4.78 is 37.1. The van der Waals surface area contributed by atoms with Crippen LogP contribution in [0.2, 0.25) is 0 Å². The SMILES string of the molecule is CCCCCCCCCCCCOC(=O)[C@@H](C)NP(=O)(OCC1(N=[N+]=[N-])O[C@@H](n2ccc(N)nc2=O)[C@H](O)[C@@H]1O)Oc1ccccc1. The zero-order valence-corrected chi connectivity index (χ0v) is 27.7. The number of hydrogen-bond acceptors (Lipinski definition) is 12. The molecule has 0 amide bonds. The standard InChI is InChI=1S/C30H46N7O9P/c1-3-4-5-6-7-8-9-10-11-15-20-43-28(40)22(2)34-47(42,46-23-16-13-12-14-17-23)44-21-30(35-36-32)26(39)25(38)27(45-30)37-19-18-24(31)33-29(37)41/h12-14,16-19,22,25-27,38-39H,3-11,15,20-21H2,1-2H3,(H,34,42)(H2,31,33,41)/t22-,25-,26+,27-,30?,47?/m1/s1. The van der Waals surface area contributed by atoms with Crippen molar-refractivity contribution in [1.29, 1.82) is 0 Å². The van der Waals surface area contributed by atoms with Crippen LogP contribution in [0.3, 0.4) is 0 Å². The number of aliphatic hydroxyl groups excluding tert-OH is 2. The van der Waals surface area contributed by atoms with Crippen LogP contribution in [0.4, 0.5) is 5.82 Å². The summed E-state index contributed by atoms with van der Waals surface area (Å²) in [5.74, 6) is -0.684. The summed E-state index contributed by atoms with van der Waals surface area (Å²) in [7, 11) is -4.50. The molecule has 16 nitrogen and oxygen atoms in total. The molecule has 0 spiro atoms. The van der Waals surface area contributed by atoms with Gasteiger partial charge in [-0.2, -0.15) is 10.1 Å². The van der Waals surface area contributed by atoms with Crippen LogP contribution >= 0.6 is 7.75 Å². The predicted octanol–water partition coefficient (Wildman–Crippen LogP) is 4.73. The molecule has 3 rings (SSSR count). The van der Waals surface area contributed by atoms with E-state index in [1.807, 2.05) is 0 Å². The second-order valence-electron chi connectivity index (χ2n) is 11.4. The van der Waals surface area contributed by atoms with Gasteiger partial charge in [0, 0.05) is 11.1 Å². The molecule has 2 heterocycles. The van der Waals surface area contributed by atoms with Crippen molar-refractivity contribution in [2.45, 2.75) is 108 Å². The topological polar surface area (TPSA) is 233 Å². The highest BCUT2D eigenvalue weighted by Gasteiger charge is 2.56. The molecule has 1 saturated heterocycles. The number of carbonyl (C=O) groups excluding carboxylic acids is 1. The van der Waals surface area contributed by atoms with E-state index in [-0.39, 0.29) is 18.2 Å².